The molecule has 0 heterocycles. The topological polar surface area (TPSA) is 36.9 Å². The first-order valence-electron chi connectivity index (χ1n) is 14.6. The Hall–Kier alpha value is -4.12. The van der Waals surface area contributed by atoms with E-state index in [0.717, 1.165) is 17.9 Å². The van der Waals surface area contributed by atoms with Crippen LogP contribution in [-0.4, -0.2) is 39.6 Å². The van der Waals surface area contributed by atoms with Gasteiger partial charge in [-0.15, -0.1) is 0 Å². The summed E-state index contributed by atoms with van der Waals surface area (Å²) in [5.74, 6) is 1.63. The lowest BCUT2D eigenvalue weighted by Crippen LogP contribution is -2.36. The second-order valence-electron chi connectivity index (χ2n) is 10.5. The van der Waals surface area contributed by atoms with E-state index in [1.807, 2.05) is 38.2 Å². The zero-order valence-corrected chi connectivity index (χ0v) is 25.0. The molecule has 1 aliphatic carbocycles. The lowest BCUT2D eigenvalue weighted by Gasteiger charge is -2.42. The molecular weight excluding hydrogens is 520 g/mol. The van der Waals surface area contributed by atoms with E-state index in [-0.39, 0.29) is 12.2 Å². The van der Waals surface area contributed by atoms with E-state index in [0.29, 0.717) is 13.2 Å². The molecule has 0 aromatic heterocycles. The molecule has 2 atom stereocenters. The summed E-state index contributed by atoms with van der Waals surface area (Å²) in [6.45, 7) is 4.88. The maximum atomic E-state index is 6.11. The summed E-state index contributed by atoms with van der Waals surface area (Å²) in [6.07, 6.45) is 8.70. The number of ether oxygens (including phenoxy) is 4. The highest BCUT2D eigenvalue weighted by Crippen LogP contribution is 2.51. The van der Waals surface area contributed by atoms with E-state index in [4.69, 9.17) is 18.9 Å². The van der Waals surface area contributed by atoms with E-state index in [1.54, 1.807) is 14.2 Å². The molecule has 1 aliphatic rings. The first kappa shape index (κ1) is 29.4. The third-order valence-corrected chi connectivity index (χ3v) is 8.05. The van der Waals surface area contributed by atoms with Crippen molar-refractivity contribution in [3.63, 3.8) is 0 Å². The van der Waals surface area contributed by atoms with E-state index in [2.05, 4.69) is 97.1 Å². The molecule has 0 saturated heterocycles. The Balaban J connectivity index is 1.58. The summed E-state index contributed by atoms with van der Waals surface area (Å²) in [5, 5.41) is 0. The average molecular weight is 561 g/mol. The summed E-state index contributed by atoms with van der Waals surface area (Å²) in [4.78, 5) is 0. The Morgan fingerprint density at radius 2 is 1.00 bits per heavy atom. The highest BCUT2D eigenvalue weighted by Gasteiger charge is 2.43. The van der Waals surface area contributed by atoms with Crippen molar-refractivity contribution in [2.45, 2.75) is 37.9 Å². The van der Waals surface area contributed by atoms with Gasteiger partial charge in [0.1, 0.15) is 36.9 Å². The van der Waals surface area contributed by atoms with Crippen LogP contribution < -0.4 is 9.47 Å². The number of fused-ring (bicyclic) bond motifs is 2. The molecule has 4 aromatic rings. The molecule has 0 N–H and O–H groups in total. The fourth-order valence-corrected chi connectivity index (χ4v) is 6.01. The minimum atomic E-state index is -0.497. The van der Waals surface area contributed by atoms with Gasteiger partial charge in [-0.1, -0.05) is 97.1 Å². The lowest BCUT2D eigenvalue weighted by molar-refractivity contribution is 0.0915. The number of benzene rings is 4. The van der Waals surface area contributed by atoms with Gasteiger partial charge in [-0.25, -0.2) is 0 Å². The van der Waals surface area contributed by atoms with Crippen LogP contribution >= 0.6 is 0 Å². The van der Waals surface area contributed by atoms with Crippen LogP contribution in [0.1, 0.15) is 47.2 Å². The van der Waals surface area contributed by atoms with Gasteiger partial charge in [0, 0.05) is 14.2 Å². The number of hydrogen-bond donors (Lipinski definition) is 0. The van der Waals surface area contributed by atoms with E-state index in [1.165, 1.54) is 33.4 Å². The highest BCUT2D eigenvalue weighted by molar-refractivity contribution is 5.67. The quantitative estimate of drug-likeness (QED) is 0.145. The SMILES string of the molecule is CC=CC(COc1ccc(C2(c3ccc(OCC(C=CC)OC)cc3)c3ccccc3Cc3ccccc32)cc1)OC. The number of rotatable bonds is 12. The van der Waals surface area contributed by atoms with Crippen molar-refractivity contribution < 1.29 is 18.9 Å². The van der Waals surface area contributed by atoms with Gasteiger partial charge in [0.15, 0.2) is 0 Å². The third kappa shape index (κ3) is 5.92. The number of methoxy groups -OCH3 is 2. The van der Waals surface area contributed by atoms with Crippen molar-refractivity contribution in [3.05, 3.63) is 155 Å². The lowest BCUT2D eigenvalue weighted by atomic mass is 9.60. The van der Waals surface area contributed by atoms with E-state index >= 15 is 0 Å². The summed E-state index contributed by atoms with van der Waals surface area (Å²) < 4.78 is 23.2. The zero-order chi connectivity index (χ0) is 29.4. The smallest absolute Gasteiger partial charge is 0.119 e. The maximum Gasteiger partial charge on any atom is 0.119 e. The van der Waals surface area contributed by atoms with Crippen LogP contribution in [0.2, 0.25) is 0 Å². The molecule has 4 aromatic carbocycles. The Labute approximate surface area is 250 Å². The minimum Gasteiger partial charge on any atom is -0.491 e. The van der Waals surface area contributed by atoms with E-state index in [9.17, 15) is 0 Å². The Morgan fingerprint density at radius 1 is 0.595 bits per heavy atom. The molecule has 216 valence electrons. The third-order valence-electron chi connectivity index (χ3n) is 8.05. The van der Waals surface area contributed by atoms with Crippen LogP contribution in [0, 0.1) is 0 Å². The molecule has 0 radical (unpaired) electrons. The normalized spacial score (nSPS) is 15.2. The van der Waals surface area contributed by atoms with Crippen molar-refractivity contribution in [3.8, 4) is 11.5 Å². The van der Waals surface area contributed by atoms with Crippen molar-refractivity contribution in [2.75, 3.05) is 27.4 Å². The average Bonchev–Trinajstić information content (AvgIpc) is 3.04. The zero-order valence-electron chi connectivity index (χ0n) is 25.0. The molecule has 0 aliphatic heterocycles. The monoisotopic (exact) mass is 560 g/mol. The van der Waals surface area contributed by atoms with Gasteiger partial charge in [0.05, 0.1) is 5.41 Å². The molecule has 0 fully saturated rings. The van der Waals surface area contributed by atoms with Gasteiger partial charge in [-0.3, -0.25) is 0 Å². The van der Waals surface area contributed by atoms with Crippen molar-refractivity contribution >= 4 is 0 Å². The van der Waals surface area contributed by atoms with Crippen LogP contribution in [0.25, 0.3) is 0 Å². The summed E-state index contributed by atoms with van der Waals surface area (Å²) in [5.41, 5.74) is 7.14. The molecule has 0 amide bonds. The highest BCUT2D eigenvalue weighted by atomic mass is 16.5. The largest absolute Gasteiger partial charge is 0.491 e. The van der Waals surface area contributed by atoms with Crippen LogP contribution in [0.5, 0.6) is 11.5 Å². The van der Waals surface area contributed by atoms with Crippen LogP contribution in [0.4, 0.5) is 0 Å². The van der Waals surface area contributed by atoms with Gasteiger partial charge < -0.3 is 18.9 Å². The fraction of sp³-hybridized carbons (Fsp3) is 0.263. The Kier molecular flexibility index (Phi) is 9.58. The Morgan fingerprint density at radius 3 is 1.38 bits per heavy atom. The van der Waals surface area contributed by atoms with Gasteiger partial charge in [0.2, 0.25) is 0 Å². The van der Waals surface area contributed by atoms with Crippen molar-refractivity contribution in [2.24, 2.45) is 0 Å². The Bertz CT molecular complexity index is 1390. The molecule has 0 spiro atoms. The molecular formula is C38H40O4. The van der Waals surface area contributed by atoms with Crippen LogP contribution in [0.3, 0.4) is 0 Å². The summed E-state index contributed by atoms with van der Waals surface area (Å²) in [7, 11) is 3.40. The van der Waals surface area contributed by atoms with Crippen molar-refractivity contribution in [1.29, 1.82) is 0 Å². The number of hydrogen-bond acceptors (Lipinski definition) is 4. The van der Waals surface area contributed by atoms with Crippen LogP contribution in [-0.2, 0) is 21.3 Å². The number of allylic oxidation sites excluding steroid dienone is 2. The molecule has 4 heteroatoms. The second kappa shape index (κ2) is 13.7. The standard InChI is InChI=1S/C38H40O4/c1-5-11-34(39-3)26-41-32-21-17-30(18-22-32)38(31-19-23-33(24-20-31)42-27-35(40-4)12-6-2)36-15-9-7-13-28(36)25-29-14-8-10-16-37(29)38/h5-24,34-35H,25-27H2,1-4H3. The van der Waals surface area contributed by atoms with E-state index < -0.39 is 5.41 Å². The van der Waals surface area contributed by atoms with Gasteiger partial charge in [-0.05, 0) is 77.9 Å². The first-order chi connectivity index (χ1) is 20.6. The minimum absolute atomic E-state index is 0.0870. The molecule has 42 heavy (non-hydrogen) atoms. The van der Waals surface area contributed by atoms with Crippen molar-refractivity contribution in [1.82, 2.24) is 0 Å². The van der Waals surface area contributed by atoms with Gasteiger partial charge in [0.25, 0.3) is 0 Å². The molecule has 0 saturated carbocycles. The molecule has 4 nitrogen and oxygen atoms in total. The molecule has 5 rings (SSSR count). The predicted octanol–water partition coefficient (Wildman–Crippen LogP) is 7.91. The predicted molar refractivity (Wildman–Crippen MR) is 170 cm³/mol. The molecule has 2 unspecified atom stereocenters. The summed E-state index contributed by atoms with van der Waals surface area (Å²) in [6, 6.07) is 34.8. The van der Waals surface area contributed by atoms with Gasteiger partial charge >= 0.3 is 0 Å². The molecule has 0 bridgehead atoms. The maximum absolute atomic E-state index is 6.11. The first-order valence-corrected chi connectivity index (χ1v) is 14.6. The fourth-order valence-electron chi connectivity index (χ4n) is 6.01. The second-order valence-corrected chi connectivity index (χ2v) is 10.5. The van der Waals surface area contributed by atoms with Crippen LogP contribution in [0.15, 0.2) is 121 Å². The van der Waals surface area contributed by atoms with Gasteiger partial charge in [-0.2, -0.15) is 0 Å². The summed E-state index contributed by atoms with van der Waals surface area (Å²) >= 11 is 0.